The Hall–Kier alpha value is -2.91. The van der Waals surface area contributed by atoms with Crippen molar-refractivity contribution in [3.05, 3.63) is 33.3 Å². The van der Waals surface area contributed by atoms with E-state index in [1.54, 1.807) is 0 Å². The number of ether oxygens (including phenoxy) is 1. The van der Waals surface area contributed by atoms with Crippen molar-refractivity contribution in [2.24, 2.45) is 0 Å². The summed E-state index contributed by atoms with van der Waals surface area (Å²) in [6.45, 7) is 0.733. The van der Waals surface area contributed by atoms with Crippen molar-refractivity contribution < 1.29 is 24.4 Å². The zero-order chi connectivity index (χ0) is 16.3. The number of aryl methyl sites for hydroxylation is 1. The van der Waals surface area contributed by atoms with Gasteiger partial charge >= 0.3 is 12.1 Å². The lowest BCUT2D eigenvalue weighted by Crippen LogP contribution is -2.29. The zero-order valence-corrected chi connectivity index (χ0v) is 11.8. The number of methoxy groups -OCH3 is 1. The predicted molar refractivity (Wildman–Crippen MR) is 72.6 cm³/mol. The second-order valence-corrected chi connectivity index (χ2v) is 4.58. The summed E-state index contributed by atoms with van der Waals surface area (Å²) in [6.07, 6.45) is 1.25. The highest BCUT2D eigenvalue weighted by atomic mass is 16.6. The van der Waals surface area contributed by atoms with Gasteiger partial charge in [0.2, 0.25) is 6.20 Å². The first-order valence-corrected chi connectivity index (χ1v) is 6.41. The third-order valence-electron chi connectivity index (χ3n) is 3.25. The molecule has 1 N–H and O–H groups in total. The maximum atomic E-state index is 11.8. The first-order chi connectivity index (χ1) is 10.4. The Kier molecular flexibility index (Phi) is 4.39. The number of fused-ring (bicyclic) bond motifs is 1. The summed E-state index contributed by atoms with van der Waals surface area (Å²) in [7, 11) is 1.18. The van der Waals surface area contributed by atoms with Gasteiger partial charge < -0.3 is 14.7 Å². The van der Waals surface area contributed by atoms with Crippen molar-refractivity contribution in [2.45, 2.75) is 19.5 Å². The summed E-state index contributed by atoms with van der Waals surface area (Å²) < 4.78 is 6.11. The number of aromatic nitrogens is 2. The van der Waals surface area contributed by atoms with E-state index in [-0.39, 0.29) is 17.8 Å². The summed E-state index contributed by atoms with van der Waals surface area (Å²) in [5.41, 5.74) is 0.568. The molecule has 1 aromatic rings. The minimum absolute atomic E-state index is 0.00326. The second-order valence-electron chi connectivity index (χ2n) is 4.58. The van der Waals surface area contributed by atoms with Crippen molar-refractivity contribution in [1.82, 2.24) is 14.7 Å². The van der Waals surface area contributed by atoms with E-state index in [0.29, 0.717) is 31.4 Å². The molecule has 0 saturated heterocycles. The molecule has 0 atom stereocenters. The van der Waals surface area contributed by atoms with Crippen LogP contribution in [0.25, 0.3) is 6.08 Å². The molecule has 1 amide bonds. The molecule has 0 aliphatic carbocycles. The molecule has 118 valence electrons. The number of esters is 1. The average molecular weight is 310 g/mol. The molecule has 1 aromatic heterocycles. The van der Waals surface area contributed by atoms with Crippen molar-refractivity contribution in [3.63, 3.8) is 0 Å². The van der Waals surface area contributed by atoms with E-state index in [0.717, 1.165) is 6.08 Å². The van der Waals surface area contributed by atoms with Crippen molar-refractivity contribution >= 4 is 18.1 Å². The van der Waals surface area contributed by atoms with Gasteiger partial charge in [0.05, 0.1) is 24.3 Å². The van der Waals surface area contributed by atoms with Gasteiger partial charge in [0, 0.05) is 24.7 Å². The van der Waals surface area contributed by atoms with Gasteiger partial charge in [-0.25, -0.2) is 9.59 Å². The van der Waals surface area contributed by atoms with E-state index < -0.39 is 17.0 Å². The van der Waals surface area contributed by atoms with Gasteiger partial charge in [-0.1, -0.05) is 0 Å². The fourth-order valence-corrected chi connectivity index (χ4v) is 2.25. The number of hydrogen-bond acceptors (Lipinski definition) is 6. The normalized spacial score (nSPS) is 14.5. The highest BCUT2D eigenvalue weighted by Crippen LogP contribution is 2.22. The van der Waals surface area contributed by atoms with Crippen molar-refractivity contribution in [3.8, 4) is 0 Å². The minimum Gasteiger partial charge on any atom is -0.465 e. The molecule has 0 unspecified atom stereocenters. The minimum atomic E-state index is -1.10. The summed E-state index contributed by atoms with van der Waals surface area (Å²) >= 11 is 0. The van der Waals surface area contributed by atoms with E-state index in [4.69, 9.17) is 5.11 Å². The molecule has 2 rings (SSSR count). The first-order valence-electron chi connectivity index (χ1n) is 6.41. The molecular weight excluding hydrogens is 296 g/mol. The molecule has 0 bridgehead atoms. The maximum Gasteiger partial charge on any atom is 0.407 e. The van der Waals surface area contributed by atoms with Crippen molar-refractivity contribution in [1.29, 1.82) is 0 Å². The van der Waals surface area contributed by atoms with Crippen LogP contribution >= 0.6 is 0 Å². The largest absolute Gasteiger partial charge is 0.465 e. The van der Waals surface area contributed by atoms with E-state index in [1.807, 2.05) is 0 Å². The molecule has 1 aliphatic rings. The quantitative estimate of drug-likeness (QED) is 0.496. The molecule has 10 heteroatoms. The molecule has 0 fully saturated rings. The molecule has 0 spiro atoms. The van der Waals surface area contributed by atoms with Gasteiger partial charge in [0.25, 0.3) is 0 Å². The number of carboxylic acid groups (broad SMARTS) is 1. The molecule has 10 nitrogen and oxygen atoms in total. The molecular formula is C12H14N4O6. The summed E-state index contributed by atoms with van der Waals surface area (Å²) in [5, 5.41) is 23.8. The topological polar surface area (TPSA) is 128 Å². The van der Waals surface area contributed by atoms with E-state index in [1.165, 1.54) is 16.7 Å². The average Bonchev–Trinajstić information content (AvgIpc) is 2.66. The van der Waals surface area contributed by atoms with Crippen LogP contribution in [0.1, 0.15) is 28.2 Å². The molecule has 1 aliphatic heterocycles. The third-order valence-corrected chi connectivity index (χ3v) is 3.25. The van der Waals surface area contributed by atoms with Crippen LogP contribution in [0.4, 0.5) is 4.79 Å². The summed E-state index contributed by atoms with van der Waals surface area (Å²) in [5.74, 6) is -0.731. The second kappa shape index (κ2) is 6.24. The fraction of sp³-hybridized carbons (Fsp3) is 0.417. The number of carbonyl (C=O) groups excluding carboxylic acids is 1. The van der Waals surface area contributed by atoms with E-state index in [2.05, 4.69) is 9.84 Å². The van der Waals surface area contributed by atoms with E-state index in [9.17, 15) is 19.7 Å². The molecule has 0 saturated carbocycles. The number of nitrogens with zero attached hydrogens (tertiary/aromatic N) is 4. The van der Waals surface area contributed by atoms with E-state index >= 15 is 0 Å². The fourth-order valence-electron chi connectivity index (χ4n) is 2.25. The number of rotatable bonds is 3. The van der Waals surface area contributed by atoms with Crippen LogP contribution in [0.2, 0.25) is 0 Å². The van der Waals surface area contributed by atoms with Gasteiger partial charge in [0.15, 0.2) is 5.69 Å². The molecule has 0 aromatic carbocycles. The van der Waals surface area contributed by atoms with Crippen LogP contribution in [0.15, 0.2) is 6.20 Å². The monoisotopic (exact) mass is 310 g/mol. The summed E-state index contributed by atoms with van der Waals surface area (Å²) in [6, 6.07) is 0. The summed E-state index contributed by atoms with van der Waals surface area (Å²) in [4.78, 5) is 34.0. The van der Waals surface area contributed by atoms with Gasteiger partial charge in [-0.2, -0.15) is 5.10 Å². The van der Waals surface area contributed by atoms with Gasteiger partial charge in [-0.15, -0.1) is 0 Å². The number of amides is 1. The van der Waals surface area contributed by atoms with Crippen LogP contribution in [-0.2, 0) is 17.8 Å². The van der Waals surface area contributed by atoms with Crippen LogP contribution in [0.5, 0.6) is 0 Å². The predicted octanol–water partition coefficient (Wildman–Crippen LogP) is 0.801. The number of carbonyl (C=O) groups is 2. The number of hydrogen-bond donors (Lipinski definition) is 1. The smallest absolute Gasteiger partial charge is 0.407 e. The Labute approximate surface area is 124 Å². The third kappa shape index (κ3) is 3.05. The van der Waals surface area contributed by atoms with Gasteiger partial charge in [0.1, 0.15) is 0 Å². The highest BCUT2D eigenvalue weighted by Gasteiger charge is 2.27. The Balaban J connectivity index is 2.52. The standard InChI is InChI=1S/C12H14N4O6/c1-22-11(17)10-8(3-6-16(20)21)9-7-14(12(18)19)4-2-5-15(9)13-10/h3,6H,2,4-5,7H2,1H3,(H,18,19). The lowest BCUT2D eigenvalue weighted by Gasteiger charge is -2.15. The van der Waals surface area contributed by atoms with Crippen LogP contribution in [0.3, 0.4) is 0 Å². The van der Waals surface area contributed by atoms with Crippen LogP contribution in [-0.4, -0.2) is 50.4 Å². The first kappa shape index (κ1) is 15.5. The van der Waals surface area contributed by atoms with Crippen molar-refractivity contribution in [2.75, 3.05) is 13.7 Å². The Morgan fingerprint density at radius 2 is 2.18 bits per heavy atom. The lowest BCUT2D eigenvalue weighted by atomic mass is 10.1. The highest BCUT2D eigenvalue weighted by molar-refractivity contribution is 5.92. The molecule has 2 heterocycles. The van der Waals surface area contributed by atoms with Gasteiger partial charge in [-0.05, 0) is 6.42 Å². The Morgan fingerprint density at radius 3 is 2.77 bits per heavy atom. The molecule has 0 radical (unpaired) electrons. The Morgan fingerprint density at radius 1 is 1.45 bits per heavy atom. The van der Waals surface area contributed by atoms with Crippen LogP contribution in [0, 0.1) is 10.1 Å². The lowest BCUT2D eigenvalue weighted by molar-refractivity contribution is -0.400. The SMILES string of the molecule is COC(=O)c1nn2c(c1C=C[N+](=O)[O-])CN(C(=O)O)CCC2. The number of nitro groups is 1. The maximum absolute atomic E-state index is 11.8. The molecule has 22 heavy (non-hydrogen) atoms. The van der Waals surface area contributed by atoms with Gasteiger partial charge in [-0.3, -0.25) is 14.8 Å². The van der Waals surface area contributed by atoms with Crippen LogP contribution < -0.4 is 0 Å². The zero-order valence-electron chi connectivity index (χ0n) is 11.8. The Bertz CT molecular complexity index is 650.